The first-order valence-electron chi connectivity index (χ1n) is 6.44. The summed E-state index contributed by atoms with van der Waals surface area (Å²) in [6.45, 7) is 2.43. The Labute approximate surface area is 113 Å². The quantitative estimate of drug-likeness (QED) is 0.790. The molecule has 0 aliphatic carbocycles. The number of amides is 1. The van der Waals surface area contributed by atoms with Crippen molar-refractivity contribution < 1.29 is 13.9 Å². The summed E-state index contributed by atoms with van der Waals surface area (Å²) in [5, 5.41) is 2.75. The van der Waals surface area contributed by atoms with Crippen molar-refractivity contribution in [3.05, 3.63) is 29.6 Å². The minimum atomic E-state index is -0.461. The molecular weight excluding hydrogens is 247 g/mol. The second kappa shape index (κ2) is 7.74. The van der Waals surface area contributed by atoms with Gasteiger partial charge >= 0.3 is 0 Å². The highest BCUT2D eigenvalue weighted by Crippen LogP contribution is 2.17. The Bertz CT molecular complexity index is 424. The zero-order valence-corrected chi connectivity index (χ0v) is 11.4. The third kappa shape index (κ3) is 4.87. The Hall–Kier alpha value is -1.62. The molecule has 19 heavy (non-hydrogen) atoms. The Balaban J connectivity index is 2.41. The molecule has 1 atom stereocenters. The van der Waals surface area contributed by atoms with Crippen LogP contribution in [0.25, 0.3) is 0 Å². The number of nitrogens with one attached hydrogen (secondary N) is 1. The lowest BCUT2D eigenvalue weighted by Crippen LogP contribution is -2.41. The van der Waals surface area contributed by atoms with Crippen molar-refractivity contribution in [1.82, 2.24) is 5.32 Å². The summed E-state index contributed by atoms with van der Waals surface area (Å²) in [4.78, 5) is 11.6. The van der Waals surface area contributed by atoms with Crippen LogP contribution < -0.4 is 15.8 Å². The van der Waals surface area contributed by atoms with E-state index in [2.05, 4.69) is 5.32 Å². The number of rotatable bonds is 7. The van der Waals surface area contributed by atoms with E-state index in [1.165, 1.54) is 13.2 Å². The van der Waals surface area contributed by atoms with E-state index in [-0.39, 0.29) is 11.7 Å². The molecule has 0 bridgehead atoms. The first kappa shape index (κ1) is 15.4. The van der Waals surface area contributed by atoms with Crippen LogP contribution in [0.3, 0.4) is 0 Å². The monoisotopic (exact) mass is 268 g/mol. The lowest BCUT2D eigenvalue weighted by molar-refractivity contribution is -0.122. The average molecular weight is 268 g/mol. The molecule has 0 aromatic heterocycles. The van der Waals surface area contributed by atoms with Gasteiger partial charge in [0.15, 0.2) is 11.6 Å². The van der Waals surface area contributed by atoms with Gasteiger partial charge in [-0.1, -0.05) is 19.4 Å². The van der Waals surface area contributed by atoms with Crippen molar-refractivity contribution in [2.24, 2.45) is 5.73 Å². The van der Waals surface area contributed by atoms with E-state index in [1.807, 2.05) is 6.92 Å². The zero-order valence-electron chi connectivity index (χ0n) is 11.4. The van der Waals surface area contributed by atoms with Crippen LogP contribution in [0, 0.1) is 5.82 Å². The van der Waals surface area contributed by atoms with Gasteiger partial charge in [-0.15, -0.1) is 0 Å². The number of benzene rings is 1. The Morgan fingerprint density at radius 2 is 2.26 bits per heavy atom. The van der Waals surface area contributed by atoms with Crippen LogP contribution in [0.2, 0.25) is 0 Å². The van der Waals surface area contributed by atoms with Crippen molar-refractivity contribution in [2.45, 2.75) is 32.2 Å². The van der Waals surface area contributed by atoms with Gasteiger partial charge in [0.05, 0.1) is 13.2 Å². The van der Waals surface area contributed by atoms with E-state index in [0.29, 0.717) is 19.4 Å². The van der Waals surface area contributed by atoms with Crippen LogP contribution in [0.15, 0.2) is 18.2 Å². The molecule has 0 heterocycles. The molecule has 1 aromatic carbocycles. The van der Waals surface area contributed by atoms with Crippen LogP contribution in [-0.2, 0) is 11.2 Å². The predicted molar refractivity (Wildman–Crippen MR) is 72.5 cm³/mol. The van der Waals surface area contributed by atoms with Crippen LogP contribution in [0.1, 0.15) is 25.3 Å². The molecule has 1 aromatic rings. The Morgan fingerprint density at radius 1 is 1.53 bits per heavy atom. The number of carbonyl (C=O) groups excluding carboxylic acids is 1. The lowest BCUT2D eigenvalue weighted by atomic mass is 10.1. The van der Waals surface area contributed by atoms with Gasteiger partial charge in [0.25, 0.3) is 0 Å². The zero-order chi connectivity index (χ0) is 14.3. The van der Waals surface area contributed by atoms with Crippen molar-refractivity contribution in [1.29, 1.82) is 0 Å². The Morgan fingerprint density at radius 3 is 2.84 bits per heavy atom. The molecular formula is C14H21FN2O2. The normalized spacial score (nSPS) is 12.0. The molecule has 0 spiro atoms. The smallest absolute Gasteiger partial charge is 0.236 e. The molecule has 0 aliphatic rings. The van der Waals surface area contributed by atoms with Gasteiger partial charge in [-0.05, 0) is 30.5 Å². The standard InChI is InChI=1S/C14H21FN2O2/c1-3-4-12(16)14(18)17-8-7-10-5-6-13(19-2)11(15)9-10/h5-6,9,12H,3-4,7-8,16H2,1-2H3,(H,17,18). The SMILES string of the molecule is CCCC(N)C(=O)NCCc1ccc(OC)c(F)c1. The van der Waals surface area contributed by atoms with Crippen molar-refractivity contribution in [3.63, 3.8) is 0 Å². The molecule has 4 nitrogen and oxygen atoms in total. The highest BCUT2D eigenvalue weighted by atomic mass is 19.1. The minimum absolute atomic E-state index is 0.157. The van der Waals surface area contributed by atoms with Gasteiger partial charge in [-0.3, -0.25) is 4.79 Å². The largest absolute Gasteiger partial charge is 0.494 e. The molecule has 0 saturated carbocycles. The van der Waals surface area contributed by atoms with E-state index in [0.717, 1.165) is 12.0 Å². The molecule has 3 N–H and O–H groups in total. The molecule has 5 heteroatoms. The van der Waals surface area contributed by atoms with E-state index < -0.39 is 11.9 Å². The second-order valence-corrected chi connectivity index (χ2v) is 4.41. The minimum Gasteiger partial charge on any atom is -0.494 e. The maximum atomic E-state index is 13.4. The molecule has 106 valence electrons. The molecule has 1 amide bonds. The second-order valence-electron chi connectivity index (χ2n) is 4.41. The van der Waals surface area contributed by atoms with Crippen LogP contribution >= 0.6 is 0 Å². The fraction of sp³-hybridized carbons (Fsp3) is 0.500. The fourth-order valence-corrected chi connectivity index (χ4v) is 1.77. The summed E-state index contributed by atoms with van der Waals surface area (Å²) in [7, 11) is 1.42. The third-order valence-corrected chi connectivity index (χ3v) is 2.87. The molecule has 0 saturated heterocycles. The van der Waals surface area contributed by atoms with Crippen LogP contribution in [0.4, 0.5) is 4.39 Å². The number of nitrogens with two attached hydrogens (primary N) is 1. The van der Waals surface area contributed by atoms with Gasteiger partial charge in [-0.2, -0.15) is 0 Å². The maximum absolute atomic E-state index is 13.4. The van der Waals surface area contributed by atoms with Gasteiger partial charge in [0, 0.05) is 6.54 Å². The van der Waals surface area contributed by atoms with E-state index in [1.54, 1.807) is 12.1 Å². The topological polar surface area (TPSA) is 64.4 Å². The van der Waals surface area contributed by atoms with Gasteiger partial charge in [0.2, 0.25) is 5.91 Å². The molecule has 1 unspecified atom stereocenters. The number of hydrogen-bond donors (Lipinski definition) is 2. The van der Waals surface area contributed by atoms with E-state index in [9.17, 15) is 9.18 Å². The number of methoxy groups -OCH3 is 1. The average Bonchev–Trinajstić information content (AvgIpc) is 2.39. The lowest BCUT2D eigenvalue weighted by Gasteiger charge is -2.11. The number of carbonyl (C=O) groups is 1. The van der Waals surface area contributed by atoms with Gasteiger partial charge in [-0.25, -0.2) is 4.39 Å². The van der Waals surface area contributed by atoms with E-state index >= 15 is 0 Å². The van der Waals surface area contributed by atoms with Gasteiger partial charge < -0.3 is 15.8 Å². The molecule has 0 radical (unpaired) electrons. The Kier molecular flexibility index (Phi) is 6.29. The number of halogens is 1. The third-order valence-electron chi connectivity index (χ3n) is 2.87. The summed E-state index contributed by atoms with van der Waals surface area (Å²) in [5.41, 5.74) is 6.49. The molecule has 0 aliphatic heterocycles. The summed E-state index contributed by atoms with van der Waals surface area (Å²) < 4.78 is 18.3. The van der Waals surface area contributed by atoms with Crippen molar-refractivity contribution in [3.8, 4) is 5.75 Å². The molecule has 1 rings (SSSR count). The summed E-state index contributed by atoms with van der Waals surface area (Å²) >= 11 is 0. The number of ether oxygens (including phenoxy) is 1. The first-order chi connectivity index (χ1) is 9.08. The maximum Gasteiger partial charge on any atom is 0.236 e. The van der Waals surface area contributed by atoms with E-state index in [4.69, 9.17) is 10.5 Å². The number of hydrogen-bond acceptors (Lipinski definition) is 3. The molecule has 0 fully saturated rings. The fourth-order valence-electron chi connectivity index (χ4n) is 1.77. The highest BCUT2D eigenvalue weighted by Gasteiger charge is 2.11. The van der Waals surface area contributed by atoms with Gasteiger partial charge in [0.1, 0.15) is 0 Å². The highest BCUT2D eigenvalue weighted by molar-refractivity contribution is 5.81. The summed E-state index contributed by atoms with van der Waals surface area (Å²) in [5.74, 6) is -0.331. The summed E-state index contributed by atoms with van der Waals surface area (Å²) in [6, 6.07) is 4.31. The first-order valence-corrected chi connectivity index (χ1v) is 6.44. The van der Waals surface area contributed by atoms with Crippen LogP contribution in [0.5, 0.6) is 5.75 Å². The van der Waals surface area contributed by atoms with Crippen LogP contribution in [-0.4, -0.2) is 25.6 Å². The summed E-state index contributed by atoms with van der Waals surface area (Å²) in [6.07, 6.45) is 2.10. The van der Waals surface area contributed by atoms with Crippen molar-refractivity contribution in [2.75, 3.05) is 13.7 Å². The predicted octanol–water partition coefficient (Wildman–Crippen LogP) is 1.62. The van der Waals surface area contributed by atoms with Crippen molar-refractivity contribution >= 4 is 5.91 Å².